The maximum atomic E-state index is 12.2. The third kappa shape index (κ3) is 5.56. The van der Waals surface area contributed by atoms with Gasteiger partial charge >= 0.3 is 5.97 Å². The number of aromatic carboxylic acids is 1. The van der Waals surface area contributed by atoms with Crippen LogP contribution < -0.4 is 4.74 Å². The summed E-state index contributed by atoms with van der Waals surface area (Å²) in [5.74, 6) is -0.0792. The molecule has 6 heteroatoms. The number of carboxylic acid groups (broad SMARTS) is 1. The average Bonchev–Trinajstić information content (AvgIpc) is 2.64. The van der Waals surface area contributed by atoms with Crippen molar-refractivity contribution in [2.24, 2.45) is 0 Å². The SMILES string of the molecule is O=C(O)c1ccc(CC(=O)N2CC(OCCCOc3ccccc3)C2)cc1. The van der Waals surface area contributed by atoms with Crippen LogP contribution in [-0.2, 0) is 16.0 Å². The number of nitrogens with zero attached hydrogens (tertiary/aromatic N) is 1. The lowest BCUT2D eigenvalue weighted by Crippen LogP contribution is -2.55. The largest absolute Gasteiger partial charge is 0.494 e. The summed E-state index contributed by atoms with van der Waals surface area (Å²) in [5.41, 5.74) is 1.03. The van der Waals surface area contributed by atoms with Crippen LogP contribution in [0, 0.1) is 0 Å². The average molecular weight is 369 g/mol. The first-order valence-electron chi connectivity index (χ1n) is 9.01. The molecule has 1 N–H and O–H groups in total. The van der Waals surface area contributed by atoms with E-state index in [0.717, 1.165) is 17.7 Å². The second kappa shape index (κ2) is 9.19. The Hall–Kier alpha value is -2.86. The molecule has 1 saturated heterocycles. The summed E-state index contributed by atoms with van der Waals surface area (Å²) in [7, 11) is 0. The van der Waals surface area contributed by atoms with E-state index < -0.39 is 5.97 Å². The van der Waals surface area contributed by atoms with Gasteiger partial charge < -0.3 is 19.5 Å². The van der Waals surface area contributed by atoms with Crippen LogP contribution >= 0.6 is 0 Å². The molecule has 0 bridgehead atoms. The Labute approximate surface area is 158 Å². The van der Waals surface area contributed by atoms with Gasteiger partial charge in [0.1, 0.15) is 5.75 Å². The highest BCUT2D eigenvalue weighted by molar-refractivity contribution is 5.87. The predicted octanol–water partition coefficient (Wildman–Crippen LogP) is 2.62. The normalized spacial score (nSPS) is 13.9. The summed E-state index contributed by atoms with van der Waals surface area (Å²) >= 11 is 0. The summed E-state index contributed by atoms with van der Waals surface area (Å²) in [5, 5.41) is 8.89. The minimum atomic E-state index is -0.968. The van der Waals surface area contributed by atoms with Gasteiger partial charge in [0.15, 0.2) is 0 Å². The van der Waals surface area contributed by atoms with Crippen molar-refractivity contribution in [1.82, 2.24) is 4.90 Å². The fourth-order valence-corrected chi connectivity index (χ4v) is 2.81. The second-order valence-electron chi connectivity index (χ2n) is 6.49. The van der Waals surface area contributed by atoms with Gasteiger partial charge in [-0.05, 0) is 29.8 Å². The van der Waals surface area contributed by atoms with Crippen LogP contribution in [0.15, 0.2) is 54.6 Å². The van der Waals surface area contributed by atoms with E-state index in [9.17, 15) is 9.59 Å². The zero-order valence-electron chi connectivity index (χ0n) is 15.0. The van der Waals surface area contributed by atoms with Gasteiger partial charge in [-0.3, -0.25) is 4.79 Å². The Kier molecular flexibility index (Phi) is 6.44. The van der Waals surface area contributed by atoms with Crippen molar-refractivity contribution in [1.29, 1.82) is 0 Å². The van der Waals surface area contributed by atoms with E-state index in [1.807, 2.05) is 30.3 Å². The molecule has 1 aliphatic rings. The first kappa shape index (κ1) is 18.9. The number of hydrogen-bond donors (Lipinski definition) is 1. The number of ether oxygens (including phenoxy) is 2. The first-order chi connectivity index (χ1) is 13.1. The van der Waals surface area contributed by atoms with Gasteiger partial charge in [0.05, 0.1) is 31.3 Å². The zero-order chi connectivity index (χ0) is 19.1. The third-order valence-corrected chi connectivity index (χ3v) is 4.41. The summed E-state index contributed by atoms with van der Waals surface area (Å²) in [6.45, 7) is 2.42. The van der Waals surface area contributed by atoms with E-state index in [-0.39, 0.29) is 24.0 Å². The molecule has 0 spiro atoms. The van der Waals surface area contributed by atoms with Crippen LogP contribution in [0.3, 0.4) is 0 Å². The molecule has 1 aliphatic heterocycles. The highest BCUT2D eigenvalue weighted by Crippen LogP contribution is 2.15. The molecule has 0 aromatic heterocycles. The molecule has 3 rings (SSSR count). The number of amides is 1. The summed E-state index contributed by atoms with van der Waals surface area (Å²) in [6.07, 6.45) is 1.16. The van der Waals surface area contributed by atoms with Crippen molar-refractivity contribution < 1.29 is 24.2 Å². The number of rotatable bonds is 9. The summed E-state index contributed by atoms with van der Waals surface area (Å²) in [6, 6.07) is 16.1. The third-order valence-electron chi connectivity index (χ3n) is 4.41. The number of carbonyl (C=O) groups excluding carboxylic acids is 1. The Morgan fingerprint density at radius 2 is 1.70 bits per heavy atom. The lowest BCUT2D eigenvalue weighted by atomic mass is 10.1. The predicted molar refractivity (Wildman–Crippen MR) is 100.0 cm³/mol. The van der Waals surface area contributed by atoms with E-state index in [0.29, 0.717) is 26.3 Å². The first-order valence-corrected chi connectivity index (χ1v) is 9.01. The van der Waals surface area contributed by atoms with Crippen LogP contribution in [-0.4, -0.2) is 54.3 Å². The van der Waals surface area contributed by atoms with Gasteiger partial charge in [-0.15, -0.1) is 0 Å². The Balaban J connectivity index is 1.28. The van der Waals surface area contributed by atoms with Gasteiger partial charge in [-0.25, -0.2) is 4.79 Å². The maximum Gasteiger partial charge on any atom is 0.335 e. The summed E-state index contributed by atoms with van der Waals surface area (Å²) < 4.78 is 11.4. The van der Waals surface area contributed by atoms with Gasteiger partial charge in [-0.2, -0.15) is 0 Å². The number of hydrogen-bond acceptors (Lipinski definition) is 4. The van der Waals surface area contributed by atoms with Gasteiger partial charge in [0.2, 0.25) is 5.91 Å². The van der Waals surface area contributed by atoms with Crippen LogP contribution in [0.4, 0.5) is 0 Å². The van der Waals surface area contributed by atoms with Crippen LogP contribution in [0.25, 0.3) is 0 Å². The zero-order valence-corrected chi connectivity index (χ0v) is 15.0. The van der Waals surface area contributed by atoms with E-state index in [4.69, 9.17) is 14.6 Å². The van der Waals surface area contributed by atoms with E-state index >= 15 is 0 Å². The minimum absolute atomic E-state index is 0.0327. The second-order valence-corrected chi connectivity index (χ2v) is 6.49. The highest BCUT2D eigenvalue weighted by atomic mass is 16.5. The Bertz CT molecular complexity index is 754. The fourth-order valence-electron chi connectivity index (χ4n) is 2.81. The Morgan fingerprint density at radius 3 is 2.37 bits per heavy atom. The van der Waals surface area contributed by atoms with E-state index in [2.05, 4.69) is 0 Å². The van der Waals surface area contributed by atoms with E-state index in [1.54, 1.807) is 17.0 Å². The van der Waals surface area contributed by atoms with Crippen molar-refractivity contribution in [3.63, 3.8) is 0 Å². The lowest BCUT2D eigenvalue weighted by Gasteiger charge is -2.39. The highest BCUT2D eigenvalue weighted by Gasteiger charge is 2.30. The molecule has 0 radical (unpaired) electrons. The number of carboxylic acids is 1. The van der Waals surface area contributed by atoms with Crippen molar-refractivity contribution in [2.75, 3.05) is 26.3 Å². The molecule has 0 atom stereocenters. The van der Waals surface area contributed by atoms with Crippen LogP contribution in [0.1, 0.15) is 22.3 Å². The molecule has 1 heterocycles. The molecule has 27 heavy (non-hydrogen) atoms. The van der Waals surface area contributed by atoms with Crippen molar-refractivity contribution in [2.45, 2.75) is 18.9 Å². The number of benzene rings is 2. The topological polar surface area (TPSA) is 76.1 Å². The molecule has 6 nitrogen and oxygen atoms in total. The van der Waals surface area contributed by atoms with Crippen molar-refractivity contribution >= 4 is 11.9 Å². The molecule has 1 fully saturated rings. The van der Waals surface area contributed by atoms with Crippen molar-refractivity contribution in [3.8, 4) is 5.75 Å². The monoisotopic (exact) mass is 369 g/mol. The molecule has 0 aliphatic carbocycles. The molecular formula is C21H23NO5. The molecular weight excluding hydrogens is 346 g/mol. The maximum absolute atomic E-state index is 12.2. The van der Waals surface area contributed by atoms with E-state index in [1.165, 1.54) is 12.1 Å². The standard InChI is InChI=1S/C21H23NO5/c23-20(13-16-7-9-17(10-8-16)21(24)25)22-14-19(15-22)27-12-4-11-26-18-5-2-1-3-6-18/h1-3,5-10,19H,4,11-15H2,(H,24,25). The van der Waals surface area contributed by atoms with Gasteiger partial charge in [0.25, 0.3) is 0 Å². The number of likely N-dealkylation sites (tertiary alicyclic amines) is 1. The molecule has 0 saturated carbocycles. The van der Waals surface area contributed by atoms with Crippen LogP contribution in [0.2, 0.25) is 0 Å². The minimum Gasteiger partial charge on any atom is -0.494 e. The quantitative estimate of drug-likeness (QED) is 0.688. The molecule has 2 aromatic rings. The number of carbonyl (C=O) groups is 2. The smallest absolute Gasteiger partial charge is 0.335 e. The summed E-state index contributed by atoms with van der Waals surface area (Å²) in [4.78, 5) is 24.8. The fraction of sp³-hybridized carbons (Fsp3) is 0.333. The van der Waals surface area contributed by atoms with Crippen LogP contribution in [0.5, 0.6) is 5.75 Å². The van der Waals surface area contributed by atoms with Gasteiger partial charge in [0, 0.05) is 19.5 Å². The molecule has 0 unspecified atom stereocenters. The Morgan fingerprint density at radius 1 is 1.00 bits per heavy atom. The number of para-hydroxylation sites is 1. The molecule has 2 aromatic carbocycles. The molecule has 1 amide bonds. The molecule has 142 valence electrons. The van der Waals surface area contributed by atoms with Crippen molar-refractivity contribution in [3.05, 3.63) is 65.7 Å². The lowest BCUT2D eigenvalue weighted by molar-refractivity contribution is -0.144. The van der Waals surface area contributed by atoms with Gasteiger partial charge in [-0.1, -0.05) is 30.3 Å².